The van der Waals surface area contributed by atoms with Gasteiger partial charge in [0.05, 0.1) is 0 Å². The van der Waals surface area contributed by atoms with E-state index in [0.717, 1.165) is 24.4 Å². The number of aryl methyl sites for hydroxylation is 1. The zero-order valence-corrected chi connectivity index (χ0v) is 9.95. The molecule has 1 aromatic rings. The van der Waals surface area contributed by atoms with E-state index in [-0.39, 0.29) is 6.04 Å². The molecule has 2 unspecified atom stereocenters. The number of aromatic nitrogens is 1. The third-order valence-corrected chi connectivity index (χ3v) is 3.29. The first kappa shape index (κ1) is 11.4. The second-order valence-electron chi connectivity index (χ2n) is 4.72. The Morgan fingerprint density at radius 2 is 2.06 bits per heavy atom. The minimum absolute atomic E-state index is 0.268. The molecular weight excluding hydrogens is 198 g/mol. The molecule has 1 heterocycles. The van der Waals surface area contributed by atoms with Crippen molar-refractivity contribution in [1.82, 2.24) is 4.98 Å². The van der Waals surface area contributed by atoms with Crippen LogP contribution in [0.3, 0.4) is 0 Å². The molecule has 1 saturated carbocycles. The molecule has 0 saturated heterocycles. The van der Waals surface area contributed by atoms with Crippen molar-refractivity contribution in [1.29, 1.82) is 0 Å². The number of anilines is 1. The second kappa shape index (κ2) is 5.30. The highest BCUT2D eigenvalue weighted by atomic mass is 15.0. The maximum Gasteiger partial charge on any atom is 0.126 e. The van der Waals surface area contributed by atoms with Gasteiger partial charge in [0, 0.05) is 17.8 Å². The number of nitrogens with one attached hydrogen (secondary N) is 1. The largest absolute Gasteiger partial charge is 0.366 e. The van der Waals surface area contributed by atoms with Gasteiger partial charge in [0.1, 0.15) is 5.82 Å². The van der Waals surface area contributed by atoms with Gasteiger partial charge in [-0.05, 0) is 31.9 Å². The van der Waals surface area contributed by atoms with Gasteiger partial charge in [0.25, 0.3) is 0 Å². The molecule has 3 nitrogen and oxygen atoms in total. The van der Waals surface area contributed by atoms with E-state index in [9.17, 15) is 0 Å². The monoisotopic (exact) mass is 219 g/mol. The molecule has 3 N–H and O–H groups in total. The zero-order valence-electron chi connectivity index (χ0n) is 9.95. The molecule has 0 radical (unpaired) electrons. The molecule has 1 aliphatic rings. The average Bonchev–Trinajstić information content (AvgIpc) is 2.45. The molecular formula is C13H21N3. The molecule has 0 aliphatic heterocycles. The van der Waals surface area contributed by atoms with E-state index in [1.807, 2.05) is 25.1 Å². The van der Waals surface area contributed by atoms with E-state index in [1.165, 1.54) is 19.3 Å². The first-order chi connectivity index (χ1) is 7.75. The molecule has 2 rings (SSSR count). The molecule has 16 heavy (non-hydrogen) atoms. The standard InChI is InChI=1S/C13H21N3/c1-10-6-5-9-13(15-10)16-12-8-4-2-3-7-11(12)14/h5-6,9,11-12H,2-4,7-8,14H2,1H3,(H,15,16). The fourth-order valence-electron chi connectivity index (χ4n) is 2.33. The maximum absolute atomic E-state index is 6.17. The number of nitrogens with zero attached hydrogens (tertiary/aromatic N) is 1. The van der Waals surface area contributed by atoms with Gasteiger partial charge in [0.15, 0.2) is 0 Å². The van der Waals surface area contributed by atoms with E-state index < -0.39 is 0 Å². The average molecular weight is 219 g/mol. The van der Waals surface area contributed by atoms with Crippen LogP contribution in [0.5, 0.6) is 0 Å². The lowest BCUT2D eigenvalue weighted by Gasteiger charge is -2.23. The Labute approximate surface area is 97.5 Å². The van der Waals surface area contributed by atoms with Gasteiger partial charge >= 0.3 is 0 Å². The quantitative estimate of drug-likeness (QED) is 0.751. The summed E-state index contributed by atoms with van der Waals surface area (Å²) in [4.78, 5) is 4.47. The molecule has 88 valence electrons. The highest BCUT2D eigenvalue weighted by Gasteiger charge is 2.20. The summed E-state index contributed by atoms with van der Waals surface area (Å²) >= 11 is 0. The summed E-state index contributed by atoms with van der Waals surface area (Å²) in [6, 6.07) is 6.72. The predicted octanol–water partition coefficient (Wildman–Crippen LogP) is 2.46. The first-order valence-corrected chi connectivity index (χ1v) is 6.21. The summed E-state index contributed by atoms with van der Waals surface area (Å²) in [7, 11) is 0. The van der Waals surface area contributed by atoms with Crippen molar-refractivity contribution in [2.45, 2.75) is 51.1 Å². The topological polar surface area (TPSA) is 50.9 Å². The van der Waals surface area contributed by atoms with Crippen LogP contribution in [-0.2, 0) is 0 Å². The van der Waals surface area contributed by atoms with Crippen LogP contribution in [-0.4, -0.2) is 17.1 Å². The van der Waals surface area contributed by atoms with Gasteiger partial charge in [-0.1, -0.05) is 25.3 Å². The van der Waals surface area contributed by atoms with Crippen molar-refractivity contribution < 1.29 is 0 Å². The summed E-state index contributed by atoms with van der Waals surface area (Å²) < 4.78 is 0. The van der Waals surface area contributed by atoms with Crippen LogP contribution in [0.15, 0.2) is 18.2 Å². The van der Waals surface area contributed by atoms with Crippen molar-refractivity contribution in [3.8, 4) is 0 Å². The number of pyridine rings is 1. The molecule has 0 spiro atoms. The SMILES string of the molecule is Cc1cccc(NC2CCCCCC2N)n1. The number of nitrogens with two attached hydrogens (primary N) is 1. The summed E-state index contributed by atoms with van der Waals surface area (Å²) in [5.41, 5.74) is 7.22. The van der Waals surface area contributed by atoms with E-state index in [1.54, 1.807) is 0 Å². The second-order valence-corrected chi connectivity index (χ2v) is 4.72. The third kappa shape index (κ3) is 2.95. The Balaban J connectivity index is 2.02. The van der Waals surface area contributed by atoms with Crippen molar-refractivity contribution >= 4 is 5.82 Å². The van der Waals surface area contributed by atoms with Crippen LogP contribution in [0.4, 0.5) is 5.82 Å². The Hall–Kier alpha value is -1.09. The van der Waals surface area contributed by atoms with Crippen LogP contribution in [0.25, 0.3) is 0 Å². The highest BCUT2D eigenvalue weighted by Crippen LogP contribution is 2.19. The lowest BCUT2D eigenvalue weighted by Crippen LogP contribution is -2.39. The Morgan fingerprint density at radius 1 is 1.25 bits per heavy atom. The smallest absolute Gasteiger partial charge is 0.126 e. The number of hydrogen-bond donors (Lipinski definition) is 2. The lowest BCUT2D eigenvalue weighted by molar-refractivity contribution is 0.527. The predicted molar refractivity (Wildman–Crippen MR) is 67.4 cm³/mol. The van der Waals surface area contributed by atoms with Crippen LogP contribution in [0.1, 0.15) is 37.8 Å². The van der Waals surface area contributed by atoms with Gasteiger partial charge < -0.3 is 11.1 Å². The molecule has 0 amide bonds. The molecule has 0 bridgehead atoms. The summed E-state index contributed by atoms with van der Waals surface area (Å²) in [6.07, 6.45) is 6.14. The van der Waals surface area contributed by atoms with E-state index in [0.29, 0.717) is 6.04 Å². The third-order valence-electron chi connectivity index (χ3n) is 3.29. The van der Waals surface area contributed by atoms with Gasteiger partial charge in [-0.25, -0.2) is 4.98 Å². The van der Waals surface area contributed by atoms with E-state index >= 15 is 0 Å². The van der Waals surface area contributed by atoms with Crippen molar-refractivity contribution in [2.75, 3.05) is 5.32 Å². The van der Waals surface area contributed by atoms with Crippen LogP contribution >= 0.6 is 0 Å². The fraction of sp³-hybridized carbons (Fsp3) is 0.615. The molecule has 1 aromatic heterocycles. The van der Waals surface area contributed by atoms with Crippen LogP contribution in [0.2, 0.25) is 0 Å². The molecule has 0 aromatic carbocycles. The van der Waals surface area contributed by atoms with Crippen LogP contribution < -0.4 is 11.1 Å². The first-order valence-electron chi connectivity index (χ1n) is 6.21. The maximum atomic E-state index is 6.17. The minimum atomic E-state index is 0.268. The van der Waals surface area contributed by atoms with Gasteiger partial charge in [-0.15, -0.1) is 0 Å². The lowest BCUT2D eigenvalue weighted by atomic mass is 10.0. The number of hydrogen-bond acceptors (Lipinski definition) is 3. The van der Waals surface area contributed by atoms with Gasteiger partial charge in [-0.2, -0.15) is 0 Å². The zero-order chi connectivity index (χ0) is 11.4. The molecule has 1 fully saturated rings. The normalized spacial score (nSPS) is 26.1. The summed E-state index contributed by atoms with van der Waals surface area (Å²) in [6.45, 7) is 2.01. The van der Waals surface area contributed by atoms with Crippen molar-refractivity contribution in [2.24, 2.45) is 5.73 Å². The van der Waals surface area contributed by atoms with Gasteiger partial charge in [-0.3, -0.25) is 0 Å². The van der Waals surface area contributed by atoms with Crippen molar-refractivity contribution in [3.63, 3.8) is 0 Å². The van der Waals surface area contributed by atoms with Crippen LogP contribution in [0, 0.1) is 6.92 Å². The van der Waals surface area contributed by atoms with E-state index in [4.69, 9.17) is 5.73 Å². The number of rotatable bonds is 2. The Morgan fingerprint density at radius 3 is 2.88 bits per heavy atom. The summed E-state index contributed by atoms with van der Waals surface area (Å²) in [5, 5.41) is 3.48. The highest BCUT2D eigenvalue weighted by molar-refractivity contribution is 5.36. The van der Waals surface area contributed by atoms with Crippen molar-refractivity contribution in [3.05, 3.63) is 23.9 Å². The Kier molecular flexibility index (Phi) is 3.78. The fourth-order valence-corrected chi connectivity index (χ4v) is 2.33. The molecule has 1 aliphatic carbocycles. The minimum Gasteiger partial charge on any atom is -0.366 e. The molecule has 3 heteroatoms. The molecule has 2 atom stereocenters. The van der Waals surface area contributed by atoms with Gasteiger partial charge in [0.2, 0.25) is 0 Å². The van der Waals surface area contributed by atoms with E-state index in [2.05, 4.69) is 10.3 Å². The Bertz CT molecular complexity index is 338. The summed E-state index contributed by atoms with van der Waals surface area (Å²) in [5.74, 6) is 0.961.